The molecule has 2 rings (SSSR count). The van der Waals surface area contributed by atoms with Gasteiger partial charge in [0.25, 0.3) is 0 Å². The number of methoxy groups -OCH3 is 1. The van der Waals surface area contributed by atoms with E-state index >= 15 is 0 Å². The topological polar surface area (TPSA) is 47.3 Å². The van der Waals surface area contributed by atoms with Crippen LogP contribution in [-0.2, 0) is 0 Å². The van der Waals surface area contributed by atoms with Crippen LogP contribution in [0.2, 0.25) is 5.02 Å². The van der Waals surface area contributed by atoms with E-state index in [9.17, 15) is 0 Å². The van der Waals surface area contributed by atoms with Crippen LogP contribution in [0.1, 0.15) is 5.56 Å². The van der Waals surface area contributed by atoms with Gasteiger partial charge >= 0.3 is 0 Å². The largest absolute Gasteiger partial charge is 0.495 e. The molecule has 0 bridgehead atoms. The minimum atomic E-state index is 0.540. The molecule has 0 fully saturated rings. The fourth-order valence-corrected chi connectivity index (χ4v) is 1.90. The maximum absolute atomic E-state index is 6.03. The number of hydrogen-bond acceptors (Lipinski definition) is 3. The van der Waals surface area contributed by atoms with E-state index in [1.54, 1.807) is 7.11 Å². The van der Waals surface area contributed by atoms with E-state index < -0.39 is 0 Å². The number of halogens is 1. The molecule has 0 aliphatic heterocycles. The summed E-state index contributed by atoms with van der Waals surface area (Å²) < 4.78 is 5.29. The van der Waals surface area contributed by atoms with Crippen LogP contribution in [0.3, 0.4) is 0 Å². The van der Waals surface area contributed by atoms with Gasteiger partial charge in [-0.3, -0.25) is 0 Å². The van der Waals surface area contributed by atoms with Gasteiger partial charge in [0.2, 0.25) is 0 Å². The zero-order valence-electron chi connectivity index (χ0n) is 10.3. The Morgan fingerprint density at radius 1 is 1.17 bits per heavy atom. The van der Waals surface area contributed by atoms with E-state index in [1.807, 2.05) is 43.3 Å². The third kappa shape index (κ3) is 2.51. The molecule has 0 aromatic heterocycles. The first-order valence-electron chi connectivity index (χ1n) is 5.57. The molecular weight excluding hydrogens is 248 g/mol. The lowest BCUT2D eigenvalue weighted by atomic mass is 10.1. The minimum absolute atomic E-state index is 0.540. The zero-order valence-corrected chi connectivity index (χ0v) is 11.1. The molecule has 0 unspecified atom stereocenters. The van der Waals surface area contributed by atoms with Gasteiger partial charge in [0.15, 0.2) is 0 Å². The Labute approximate surface area is 112 Å². The van der Waals surface area contributed by atoms with Gasteiger partial charge in [0.05, 0.1) is 23.5 Å². The van der Waals surface area contributed by atoms with Gasteiger partial charge in [0.1, 0.15) is 5.75 Å². The molecule has 3 N–H and O–H groups in total. The molecule has 3 nitrogen and oxygen atoms in total. The molecule has 94 valence electrons. The molecule has 0 heterocycles. The third-order valence-electron chi connectivity index (χ3n) is 2.72. The molecule has 0 saturated carbocycles. The highest BCUT2D eigenvalue weighted by Gasteiger charge is 2.06. The van der Waals surface area contributed by atoms with Crippen molar-refractivity contribution in [1.82, 2.24) is 0 Å². The highest BCUT2D eigenvalue weighted by molar-refractivity contribution is 6.33. The molecule has 0 saturated heterocycles. The van der Waals surface area contributed by atoms with Crippen LogP contribution in [0, 0.1) is 6.92 Å². The highest BCUT2D eigenvalue weighted by Crippen LogP contribution is 2.32. The quantitative estimate of drug-likeness (QED) is 0.823. The van der Waals surface area contributed by atoms with Gasteiger partial charge in [-0.1, -0.05) is 23.7 Å². The first kappa shape index (κ1) is 12.6. The van der Waals surface area contributed by atoms with Gasteiger partial charge in [-0.2, -0.15) is 0 Å². The van der Waals surface area contributed by atoms with Crippen LogP contribution in [0.15, 0.2) is 36.4 Å². The molecule has 2 aromatic carbocycles. The molecule has 0 amide bonds. The van der Waals surface area contributed by atoms with Crippen molar-refractivity contribution < 1.29 is 4.74 Å². The van der Waals surface area contributed by atoms with Gasteiger partial charge < -0.3 is 15.8 Å². The first-order chi connectivity index (χ1) is 8.61. The van der Waals surface area contributed by atoms with Crippen LogP contribution in [0.4, 0.5) is 17.1 Å². The maximum atomic E-state index is 6.03. The molecule has 0 radical (unpaired) electrons. The zero-order chi connectivity index (χ0) is 13.1. The highest BCUT2D eigenvalue weighted by atomic mass is 35.5. The molecule has 2 aromatic rings. The van der Waals surface area contributed by atoms with E-state index in [2.05, 4.69) is 5.32 Å². The molecule has 0 atom stereocenters. The summed E-state index contributed by atoms with van der Waals surface area (Å²) in [5, 5.41) is 3.83. The number of nitrogens with two attached hydrogens (primary N) is 1. The Hall–Kier alpha value is -1.87. The van der Waals surface area contributed by atoms with E-state index in [1.165, 1.54) is 0 Å². The Bertz CT molecular complexity index is 570. The minimum Gasteiger partial charge on any atom is -0.495 e. The Balaban J connectivity index is 2.37. The number of hydrogen-bond donors (Lipinski definition) is 2. The Morgan fingerprint density at radius 3 is 2.61 bits per heavy atom. The van der Waals surface area contributed by atoms with Crippen molar-refractivity contribution in [2.75, 3.05) is 18.2 Å². The van der Waals surface area contributed by atoms with Gasteiger partial charge in [-0.05, 0) is 36.8 Å². The third-order valence-corrected chi connectivity index (χ3v) is 3.05. The van der Waals surface area contributed by atoms with Crippen molar-refractivity contribution in [3.8, 4) is 5.75 Å². The Morgan fingerprint density at radius 2 is 1.89 bits per heavy atom. The molecule has 18 heavy (non-hydrogen) atoms. The fourth-order valence-electron chi connectivity index (χ4n) is 1.73. The average Bonchev–Trinajstić information content (AvgIpc) is 2.36. The standard InChI is InChI=1S/C14H15ClN2O/c1-9-7-11(16)10(15)8-13(9)17-12-5-3-4-6-14(12)18-2/h3-8,17H,16H2,1-2H3. The van der Waals surface area contributed by atoms with E-state index in [-0.39, 0.29) is 0 Å². The van der Waals surface area contributed by atoms with Crippen LogP contribution >= 0.6 is 11.6 Å². The van der Waals surface area contributed by atoms with E-state index in [0.717, 1.165) is 22.7 Å². The van der Waals surface area contributed by atoms with Crippen molar-refractivity contribution in [3.05, 3.63) is 47.0 Å². The van der Waals surface area contributed by atoms with Crippen LogP contribution < -0.4 is 15.8 Å². The normalized spacial score (nSPS) is 10.2. The number of rotatable bonds is 3. The fraction of sp³-hybridized carbons (Fsp3) is 0.143. The first-order valence-corrected chi connectivity index (χ1v) is 5.95. The van der Waals surface area contributed by atoms with Crippen molar-refractivity contribution in [1.29, 1.82) is 0 Å². The number of aryl methyl sites for hydroxylation is 1. The number of nitrogen functional groups attached to an aromatic ring is 1. The van der Waals surface area contributed by atoms with Gasteiger partial charge in [-0.25, -0.2) is 0 Å². The van der Waals surface area contributed by atoms with E-state index in [0.29, 0.717) is 10.7 Å². The summed E-state index contributed by atoms with van der Waals surface area (Å²) in [4.78, 5) is 0. The maximum Gasteiger partial charge on any atom is 0.142 e. The van der Waals surface area contributed by atoms with Crippen molar-refractivity contribution in [2.24, 2.45) is 0 Å². The summed E-state index contributed by atoms with van der Waals surface area (Å²) in [6, 6.07) is 11.4. The lowest BCUT2D eigenvalue weighted by Gasteiger charge is -2.14. The number of benzene rings is 2. The van der Waals surface area contributed by atoms with Crippen LogP contribution in [0.25, 0.3) is 0 Å². The average molecular weight is 263 g/mol. The smallest absolute Gasteiger partial charge is 0.142 e. The second-order valence-electron chi connectivity index (χ2n) is 4.01. The summed E-state index contributed by atoms with van der Waals surface area (Å²) in [6.07, 6.45) is 0. The van der Waals surface area contributed by atoms with Crippen molar-refractivity contribution >= 4 is 28.7 Å². The Kier molecular flexibility index (Phi) is 3.63. The summed E-state index contributed by atoms with van der Waals surface area (Å²) in [5.41, 5.74) is 9.18. The molecule has 4 heteroatoms. The lowest BCUT2D eigenvalue weighted by Crippen LogP contribution is -1.97. The van der Waals surface area contributed by atoms with Gasteiger partial charge in [0, 0.05) is 5.69 Å². The number of para-hydroxylation sites is 2. The summed E-state index contributed by atoms with van der Waals surface area (Å²) in [5.74, 6) is 0.782. The SMILES string of the molecule is COc1ccccc1Nc1cc(Cl)c(N)cc1C. The van der Waals surface area contributed by atoms with Gasteiger partial charge in [-0.15, -0.1) is 0 Å². The summed E-state index contributed by atoms with van der Waals surface area (Å²) >= 11 is 6.03. The summed E-state index contributed by atoms with van der Waals surface area (Å²) in [7, 11) is 1.64. The number of ether oxygens (including phenoxy) is 1. The predicted octanol–water partition coefficient (Wildman–Crippen LogP) is 3.98. The number of nitrogens with one attached hydrogen (secondary N) is 1. The van der Waals surface area contributed by atoms with Crippen molar-refractivity contribution in [3.63, 3.8) is 0 Å². The lowest BCUT2D eigenvalue weighted by molar-refractivity contribution is 0.417. The van der Waals surface area contributed by atoms with Crippen molar-refractivity contribution in [2.45, 2.75) is 6.92 Å². The summed E-state index contributed by atoms with van der Waals surface area (Å²) in [6.45, 7) is 1.98. The number of anilines is 3. The predicted molar refractivity (Wildman–Crippen MR) is 76.9 cm³/mol. The van der Waals surface area contributed by atoms with Crippen LogP contribution in [-0.4, -0.2) is 7.11 Å². The molecular formula is C14H15ClN2O. The molecule has 0 spiro atoms. The molecule has 0 aliphatic carbocycles. The van der Waals surface area contributed by atoms with Crippen LogP contribution in [0.5, 0.6) is 5.75 Å². The second-order valence-corrected chi connectivity index (χ2v) is 4.42. The van der Waals surface area contributed by atoms with E-state index in [4.69, 9.17) is 22.1 Å². The molecule has 0 aliphatic rings. The monoisotopic (exact) mass is 262 g/mol. The second kappa shape index (κ2) is 5.19.